The van der Waals surface area contributed by atoms with Crippen molar-refractivity contribution in [1.82, 2.24) is 4.90 Å². The number of carbonyl (C=O) groups is 2. The average molecular weight is 297 g/mol. The van der Waals surface area contributed by atoms with E-state index in [1.807, 2.05) is 17.0 Å². The standard InChI is InChI=1S/C14H17ClN2O3/c1-16(8-7-13(18)19)12-6-9-17(14(12)20)11-4-2-10(15)3-5-11/h2-5,12H,6-9H2,1H3,(H,18,19). The van der Waals surface area contributed by atoms with E-state index in [-0.39, 0.29) is 18.4 Å². The van der Waals surface area contributed by atoms with Gasteiger partial charge in [0, 0.05) is 23.8 Å². The molecular formula is C14H17ClN2O3. The van der Waals surface area contributed by atoms with Crippen LogP contribution in [0.25, 0.3) is 0 Å². The predicted octanol–water partition coefficient (Wildman–Crippen LogP) is 1.85. The maximum absolute atomic E-state index is 12.4. The fourth-order valence-electron chi connectivity index (χ4n) is 2.38. The molecule has 0 spiro atoms. The van der Waals surface area contributed by atoms with Crippen molar-refractivity contribution >= 4 is 29.2 Å². The number of carboxylic acids is 1. The maximum Gasteiger partial charge on any atom is 0.304 e. The van der Waals surface area contributed by atoms with Gasteiger partial charge in [0.05, 0.1) is 12.5 Å². The zero-order valence-corrected chi connectivity index (χ0v) is 12.0. The third-order valence-electron chi connectivity index (χ3n) is 3.53. The molecule has 1 atom stereocenters. The highest BCUT2D eigenvalue weighted by molar-refractivity contribution is 6.30. The molecule has 5 nitrogen and oxygen atoms in total. The summed E-state index contributed by atoms with van der Waals surface area (Å²) in [5.74, 6) is -0.836. The van der Waals surface area contributed by atoms with Crippen LogP contribution < -0.4 is 4.90 Å². The van der Waals surface area contributed by atoms with Gasteiger partial charge < -0.3 is 10.0 Å². The summed E-state index contributed by atoms with van der Waals surface area (Å²) < 4.78 is 0. The van der Waals surface area contributed by atoms with Crippen molar-refractivity contribution in [3.63, 3.8) is 0 Å². The Balaban J connectivity index is 2.01. The van der Waals surface area contributed by atoms with Crippen LogP contribution in [0.3, 0.4) is 0 Å². The summed E-state index contributed by atoms with van der Waals surface area (Å²) in [4.78, 5) is 26.5. The first-order chi connectivity index (χ1) is 9.49. The highest BCUT2D eigenvalue weighted by atomic mass is 35.5. The number of hydrogen-bond donors (Lipinski definition) is 1. The number of nitrogens with zero attached hydrogens (tertiary/aromatic N) is 2. The number of likely N-dealkylation sites (N-methyl/N-ethyl adjacent to an activating group) is 1. The smallest absolute Gasteiger partial charge is 0.304 e. The number of benzene rings is 1. The van der Waals surface area contributed by atoms with E-state index in [2.05, 4.69) is 0 Å². The van der Waals surface area contributed by atoms with E-state index in [4.69, 9.17) is 16.7 Å². The molecule has 0 aromatic heterocycles. The van der Waals surface area contributed by atoms with Crippen LogP contribution in [0.2, 0.25) is 5.02 Å². The Morgan fingerprint density at radius 1 is 1.45 bits per heavy atom. The average Bonchev–Trinajstić information content (AvgIpc) is 2.79. The minimum absolute atomic E-state index is 0.0141. The Hall–Kier alpha value is -1.59. The van der Waals surface area contributed by atoms with Gasteiger partial charge in [-0.15, -0.1) is 0 Å². The molecule has 20 heavy (non-hydrogen) atoms. The molecule has 6 heteroatoms. The lowest BCUT2D eigenvalue weighted by Gasteiger charge is -2.23. The van der Waals surface area contributed by atoms with Crippen LogP contribution in [-0.4, -0.2) is 48.1 Å². The molecule has 0 bridgehead atoms. The normalized spacial score (nSPS) is 18.9. The van der Waals surface area contributed by atoms with Crippen molar-refractivity contribution in [2.75, 3.05) is 25.0 Å². The Labute approximate surface area is 122 Å². The summed E-state index contributed by atoms with van der Waals surface area (Å²) in [7, 11) is 1.79. The van der Waals surface area contributed by atoms with Crippen LogP contribution in [-0.2, 0) is 9.59 Å². The first-order valence-electron chi connectivity index (χ1n) is 6.48. The Morgan fingerprint density at radius 3 is 2.70 bits per heavy atom. The first-order valence-corrected chi connectivity index (χ1v) is 6.86. The zero-order valence-electron chi connectivity index (χ0n) is 11.3. The van der Waals surface area contributed by atoms with E-state index >= 15 is 0 Å². The summed E-state index contributed by atoms with van der Waals surface area (Å²) in [6.07, 6.45) is 0.749. The number of carboxylic acid groups (broad SMARTS) is 1. The zero-order chi connectivity index (χ0) is 14.7. The maximum atomic E-state index is 12.4. The minimum atomic E-state index is -0.850. The van der Waals surface area contributed by atoms with E-state index in [1.54, 1.807) is 24.1 Å². The van der Waals surface area contributed by atoms with Gasteiger partial charge in [-0.2, -0.15) is 0 Å². The minimum Gasteiger partial charge on any atom is -0.481 e. The monoisotopic (exact) mass is 296 g/mol. The van der Waals surface area contributed by atoms with Gasteiger partial charge >= 0.3 is 5.97 Å². The number of halogens is 1. The quantitative estimate of drug-likeness (QED) is 0.901. The predicted molar refractivity (Wildman–Crippen MR) is 77.1 cm³/mol. The highest BCUT2D eigenvalue weighted by Crippen LogP contribution is 2.25. The Bertz CT molecular complexity index is 504. The molecule has 1 aliphatic rings. The van der Waals surface area contributed by atoms with E-state index in [1.165, 1.54) is 0 Å². The second kappa shape index (κ2) is 6.24. The molecular weight excluding hydrogens is 280 g/mol. The largest absolute Gasteiger partial charge is 0.481 e. The van der Waals surface area contributed by atoms with E-state index in [9.17, 15) is 9.59 Å². The topological polar surface area (TPSA) is 60.9 Å². The van der Waals surface area contributed by atoms with Crippen LogP contribution in [0.1, 0.15) is 12.8 Å². The van der Waals surface area contributed by atoms with Crippen LogP contribution in [0.15, 0.2) is 24.3 Å². The number of amides is 1. The Kier molecular flexibility index (Phi) is 4.62. The van der Waals surface area contributed by atoms with Gasteiger partial charge in [0.15, 0.2) is 0 Å². The second-order valence-electron chi connectivity index (χ2n) is 4.90. The third kappa shape index (κ3) is 3.29. The van der Waals surface area contributed by atoms with E-state index in [0.29, 0.717) is 24.5 Å². The van der Waals surface area contributed by atoms with Gasteiger partial charge in [0.1, 0.15) is 0 Å². The second-order valence-corrected chi connectivity index (χ2v) is 5.33. The molecule has 1 saturated heterocycles. The van der Waals surface area contributed by atoms with Crippen molar-refractivity contribution in [1.29, 1.82) is 0 Å². The van der Waals surface area contributed by atoms with Crippen molar-refractivity contribution in [2.45, 2.75) is 18.9 Å². The van der Waals surface area contributed by atoms with Crippen molar-refractivity contribution < 1.29 is 14.7 Å². The number of carbonyl (C=O) groups excluding carboxylic acids is 1. The summed E-state index contributed by atoms with van der Waals surface area (Å²) in [6.45, 7) is 1.02. The van der Waals surface area contributed by atoms with Gasteiger partial charge in [0.2, 0.25) is 5.91 Å². The molecule has 0 radical (unpaired) electrons. The molecule has 1 fully saturated rings. The highest BCUT2D eigenvalue weighted by Gasteiger charge is 2.35. The lowest BCUT2D eigenvalue weighted by molar-refractivity contribution is -0.137. The first kappa shape index (κ1) is 14.8. The van der Waals surface area contributed by atoms with Crippen molar-refractivity contribution in [2.24, 2.45) is 0 Å². The lowest BCUT2D eigenvalue weighted by Crippen LogP contribution is -2.40. The van der Waals surface area contributed by atoms with Crippen molar-refractivity contribution in [3.8, 4) is 0 Å². The SMILES string of the molecule is CN(CCC(=O)O)C1CCN(c2ccc(Cl)cc2)C1=O. The molecule has 2 rings (SSSR count). The van der Waals surface area contributed by atoms with Crippen LogP contribution in [0, 0.1) is 0 Å². The molecule has 1 heterocycles. The number of aliphatic carboxylic acids is 1. The van der Waals surface area contributed by atoms with E-state index in [0.717, 1.165) is 5.69 Å². The van der Waals surface area contributed by atoms with Gasteiger partial charge in [0.25, 0.3) is 0 Å². The van der Waals surface area contributed by atoms with Gasteiger partial charge in [-0.3, -0.25) is 14.5 Å². The summed E-state index contributed by atoms with van der Waals surface area (Å²) in [6, 6.07) is 6.90. The number of rotatable bonds is 5. The molecule has 1 N–H and O–H groups in total. The van der Waals surface area contributed by atoms with Gasteiger partial charge in [-0.05, 0) is 37.7 Å². The summed E-state index contributed by atoms with van der Waals surface area (Å²) >= 11 is 5.84. The Morgan fingerprint density at radius 2 is 2.10 bits per heavy atom. The molecule has 1 aromatic rings. The number of hydrogen-bond acceptors (Lipinski definition) is 3. The molecule has 1 aliphatic heterocycles. The summed E-state index contributed by atoms with van der Waals surface area (Å²) in [5, 5.41) is 9.33. The lowest BCUT2D eigenvalue weighted by atomic mass is 10.2. The fourth-order valence-corrected chi connectivity index (χ4v) is 2.51. The molecule has 1 amide bonds. The van der Waals surface area contributed by atoms with Crippen molar-refractivity contribution in [3.05, 3.63) is 29.3 Å². The van der Waals surface area contributed by atoms with Gasteiger partial charge in [-0.1, -0.05) is 11.6 Å². The molecule has 0 saturated carbocycles. The van der Waals surface area contributed by atoms with Crippen LogP contribution in [0.5, 0.6) is 0 Å². The fraction of sp³-hybridized carbons (Fsp3) is 0.429. The molecule has 1 aromatic carbocycles. The third-order valence-corrected chi connectivity index (χ3v) is 3.78. The molecule has 0 aliphatic carbocycles. The number of anilines is 1. The van der Waals surface area contributed by atoms with Crippen LogP contribution in [0.4, 0.5) is 5.69 Å². The molecule has 108 valence electrons. The van der Waals surface area contributed by atoms with E-state index < -0.39 is 5.97 Å². The summed E-state index contributed by atoms with van der Waals surface area (Å²) in [5.41, 5.74) is 0.827. The van der Waals surface area contributed by atoms with Gasteiger partial charge in [-0.25, -0.2) is 0 Å². The van der Waals surface area contributed by atoms with Crippen LogP contribution >= 0.6 is 11.6 Å². The molecule has 1 unspecified atom stereocenters.